The fraction of sp³-hybridized carbons (Fsp3) is 0.190. The third-order valence-electron chi connectivity index (χ3n) is 4.07. The Bertz CT molecular complexity index is 865. The topological polar surface area (TPSA) is 54.3 Å². The van der Waals surface area contributed by atoms with Crippen LogP contribution in [0.4, 0.5) is 0 Å². The van der Waals surface area contributed by atoms with Crippen LogP contribution in [0.3, 0.4) is 0 Å². The highest BCUT2D eigenvalue weighted by molar-refractivity contribution is 8.15. The highest BCUT2D eigenvalue weighted by atomic mass is 32.2. The Morgan fingerprint density at radius 2 is 1.93 bits per heavy atom. The minimum atomic E-state index is -0.201. The van der Waals surface area contributed by atoms with Gasteiger partial charge in [0.25, 0.3) is 0 Å². The molecule has 1 heterocycles. The van der Waals surface area contributed by atoms with Crippen molar-refractivity contribution < 1.29 is 9.53 Å². The number of nitrogens with zero attached hydrogens (tertiary/aromatic N) is 3. The molecule has 1 unspecified atom stereocenters. The molecule has 6 heteroatoms. The van der Waals surface area contributed by atoms with E-state index in [2.05, 4.69) is 16.8 Å². The molecule has 0 saturated carbocycles. The molecule has 1 saturated heterocycles. The van der Waals surface area contributed by atoms with E-state index in [1.165, 1.54) is 11.8 Å². The summed E-state index contributed by atoms with van der Waals surface area (Å²) in [6.45, 7) is 4.16. The summed E-state index contributed by atoms with van der Waals surface area (Å²) in [7, 11) is 1.62. The zero-order chi connectivity index (χ0) is 19.1. The molecular weight excluding hydrogens is 358 g/mol. The van der Waals surface area contributed by atoms with Gasteiger partial charge in [0.05, 0.1) is 18.6 Å². The van der Waals surface area contributed by atoms with Crippen molar-refractivity contribution in [3.05, 3.63) is 78.4 Å². The van der Waals surface area contributed by atoms with Gasteiger partial charge in [0, 0.05) is 12.1 Å². The van der Waals surface area contributed by atoms with E-state index in [1.54, 1.807) is 24.3 Å². The summed E-state index contributed by atoms with van der Waals surface area (Å²) in [6, 6.07) is 17.6. The van der Waals surface area contributed by atoms with Crippen molar-refractivity contribution in [1.29, 1.82) is 0 Å². The minimum Gasteiger partial charge on any atom is -0.496 e. The summed E-state index contributed by atoms with van der Waals surface area (Å²) < 4.78 is 5.31. The van der Waals surface area contributed by atoms with Crippen molar-refractivity contribution in [2.24, 2.45) is 10.2 Å². The van der Waals surface area contributed by atoms with E-state index in [1.807, 2.05) is 54.6 Å². The molecule has 5 nitrogen and oxygen atoms in total. The fourth-order valence-electron chi connectivity index (χ4n) is 2.75. The molecule has 1 atom stereocenters. The monoisotopic (exact) mass is 379 g/mol. The average molecular weight is 379 g/mol. The maximum absolute atomic E-state index is 12.7. The lowest BCUT2D eigenvalue weighted by atomic mass is 10.1. The highest BCUT2D eigenvalue weighted by Gasteiger charge is 2.37. The van der Waals surface area contributed by atoms with Crippen LogP contribution >= 0.6 is 11.8 Å². The number of carbonyl (C=O) groups is 1. The van der Waals surface area contributed by atoms with Crippen molar-refractivity contribution in [3.8, 4) is 5.75 Å². The number of amidine groups is 1. The van der Waals surface area contributed by atoms with Crippen LogP contribution in [0.5, 0.6) is 5.75 Å². The van der Waals surface area contributed by atoms with Crippen molar-refractivity contribution in [1.82, 2.24) is 4.90 Å². The second-order valence-electron chi connectivity index (χ2n) is 5.90. The summed E-state index contributed by atoms with van der Waals surface area (Å²) in [4.78, 5) is 14.4. The Morgan fingerprint density at radius 1 is 1.19 bits per heavy atom. The Morgan fingerprint density at radius 3 is 2.67 bits per heavy atom. The summed E-state index contributed by atoms with van der Waals surface area (Å²) in [5, 5.41) is 8.85. The lowest BCUT2D eigenvalue weighted by molar-refractivity contribution is -0.125. The van der Waals surface area contributed by atoms with Crippen LogP contribution in [0.1, 0.15) is 11.1 Å². The van der Waals surface area contributed by atoms with Gasteiger partial charge in [0.2, 0.25) is 5.91 Å². The second-order valence-corrected chi connectivity index (χ2v) is 7.07. The minimum absolute atomic E-state index is 0.0370. The van der Waals surface area contributed by atoms with Crippen LogP contribution in [-0.4, -0.2) is 41.1 Å². The van der Waals surface area contributed by atoms with Gasteiger partial charge in [0.1, 0.15) is 5.75 Å². The van der Waals surface area contributed by atoms with Gasteiger partial charge >= 0.3 is 0 Å². The summed E-state index contributed by atoms with van der Waals surface area (Å²) >= 11 is 1.44. The normalized spacial score (nSPS) is 18.4. The smallest absolute Gasteiger partial charge is 0.242 e. The molecule has 1 fully saturated rings. The van der Waals surface area contributed by atoms with Gasteiger partial charge in [-0.3, -0.25) is 9.69 Å². The van der Waals surface area contributed by atoms with Crippen LogP contribution in [0.2, 0.25) is 0 Å². The predicted molar refractivity (Wildman–Crippen MR) is 111 cm³/mol. The number of rotatable bonds is 7. The fourth-order valence-corrected chi connectivity index (χ4v) is 3.90. The van der Waals surface area contributed by atoms with Gasteiger partial charge in [-0.1, -0.05) is 60.3 Å². The second kappa shape index (κ2) is 9.19. The number of hydrogen-bond acceptors (Lipinski definition) is 5. The number of hydrogen-bond donors (Lipinski definition) is 0. The molecule has 0 bridgehead atoms. The third-order valence-corrected chi connectivity index (χ3v) is 5.24. The predicted octanol–water partition coefficient (Wildman–Crippen LogP) is 3.76. The molecule has 0 N–H and O–H groups in total. The molecule has 0 aromatic heterocycles. The van der Waals surface area contributed by atoms with Crippen molar-refractivity contribution in [3.63, 3.8) is 0 Å². The van der Waals surface area contributed by atoms with Crippen LogP contribution in [0.15, 0.2) is 77.5 Å². The number of methoxy groups -OCH3 is 1. The van der Waals surface area contributed by atoms with Crippen molar-refractivity contribution in [2.75, 3.05) is 13.7 Å². The quantitative estimate of drug-likeness (QED) is 0.418. The van der Waals surface area contributed by atoms with Gasteiger partial charge < -0.3 is 4.74 Å². The van der Waals surface area contributed by atoms with Gasteiger partial charge in [-0.15, -0.1) is 11.7 Å². The van der Waals surface area contributed by atoms with Gasteiger partial charge in [-0.05, 0) is 24.1 Å². The molecule has 2 aromatic rings. The number of thioether (sulfide) groups is 1. The zero-order valence-corrected chi connectivity index (χ0v) is 15.9. The molecule has 3 rings (SSSR count). The molecule has 0 radical (unpaired) electrons. The molecule has 2 aromatic carbocycles. The number of carbonyl (C=O) groups excluding carboxylic acids is 1. The first-order valence-electron chi connectivity index (χ1n) is 8.60. The summed E-state index contributed by atoms with van der Waals surface area (Å²) in [5.74, 6) is 0.761. The number of para-hydroxylation sites is 1. The van der Waals surface area contributed by atoms with E-state index in [-0.39, 0.29) is 11.2 Å². The third kappa shape index (κ3) is 4.65. The molecule has 1 aliphatic rings. The first-order chi connectivity index (χ1) is 13.2. The first kappa shape index (κ1) is 18.9. The van der Waals surface area contributed by atoms with Crippen LogP contribution < -0.4 is 4.74 Å². The average Bonchev–Trinajstić information content (AvgIpc) is 2.98. The lowest BCUT2D eigenvalue weighted by Gasteiger charge is -2.12. The van der Waals surface area contributed by atoms with Gasteiger partial charge in [0.15, 0.2) is 5.17 Å². The van der Waals surface area contributed by atoms with E-state index < -0.39 is 0 Å². The Balaban J connectivity index is 1.78. The standard InChI is InChI=1S/C21H21N3O2S/c1-3-13-24-20(25)19(14-16-9-5-4-6-10-16)27-21(24)23-22-15-17-11-7-8-12-18(17)26-2/h3-12,15,19H,1,13-14H2,2H3. The first-order valence-corrected chi connectivity index (χ1v) is 9.47. The van der Waals surface area contributed by atoms with Crippen LogP contribution in [0.25, 0.3) is 0 Å². The largest absolute Gasteiger partial charge is 0.496 e. The molecule has 0 aliphatic carbocycles. The lowest BCUT2D eigenvalue weighted by Crippen LogP contribution is -2.32. The Kier molecular flexibility index (Phi) is 6.44. The zero-order valence-electron chi connectivity index (χ0n) is 15.1. The van der Waals surface area contributed by atoms with E-state index in [4.69, 9.17) is 4.74 Å². The van der Waals surface area contributed by atoms with E-state index in [9.17, 15) is 4.79 Å². The molecule has 0 spiro atoms. The molecule has 27 heavy (non-hydrogen) atoms. The van der Waals surface area contributed by atoms with E-state index in [0.29, 0.717) is 18.1 Å². The van der Waals surface area contributed by atoms with Gasteiger partial charge in [-0.25, -0.2) is 0 Å². The SMILES string of the molecule is C=CCN1C(=O)C(Cc2ccccc2)SC1=NN=Cc1ccccc1OC. The maximum atomic E-state index is 12.7. The molecule has 138 valence electrons. The van der Waals surface area contributed by atoms with E-state index in [0.717, 1.165) is 16.9 Å². The maximum Gasteiger partial charge on any atom is 0.242 e. The van der Waals surface area contributed by atoms with E-state index >= 15 is 0 Å². The Labute approximate surface area is 163 Å². The Hall–Kier alpha value is -2.86. The van der Waals surface area contributed by atoms with Crippen molar-refractivity contribution in [2.45, 2.75) is 11.7 Å². The van der Waals surface area contributed by atoms with Crippen LogP contribution in [0, 0.1) is 0 Å². The van der Waals surface area contributed by atoms with Crippen molar-refractivity contribution >= 4 is 29.1 Å². The highest BCUT2D eigenvalue weighted by Crippen LogP contribution is 2.30. The summed E-state index contributed by atoms with van der Waals surface area (Å²) in [5.41, 5.74) is 1.95. The number of benzene rings is 2. The molecular formula is C21H21N3O2S. The molecule has 1 aliphatic heterocycles. The molecule has 1 amide bonds. The van der Waals surface area contributed by atoms with Crippen LogP contribution in [-0.2, 0) is 11.2 Å². The van der Waals surface area contributed by atoms with Gasteiger partial charge in [-0.2, -0.15) is 5.10 Å². The number of amides is 1. The summed E-state index contributed by atoms with van der Waals surface area (Å²) in [6.07, 6.45) is 3.99. The number of ether oxygens (including phenoxy) is 1.